The number of carboxylic acid groups (broad SMARTS) is 1. The van der Waals surface area contributed by atoms with E-state index in [0.29, 0.717) is 0 Å². The first-order valence-electron chi connectivity index (χ1n) is 5.23. The molecule has 0 radical (unpaired) electrons. The number of aliphatic carboxylic acids is 1. The second-order valence-electron chi connectivity index (χ2n) is 3.73. The second kappa shape index (κ2) is 4.80. The lowest BCUT2D eigenvalue weighted by atomic mass is 10.1. The van der Waals surface area contributed by atoms with Gasteiger partial charge in [0.05, 0.1) is 11.9 Å². The van der Waals surface area contributed by atoms with Gasteiger partial charge in [-0.05, 0) is 24.3 Å². The molecule has 2 aromatic heterocycles. The molecular formula is C12H13N3O2. The van der Waals surface area contributed by atoms with Crippen molar-refractivity contribution in [3.05, 3.63) is 48.5 Å². The summed E-state index contributed by atoms with van der Waals surface area (Å²) in [6.45, 7) is 0. The zero-order valence-electron chi connectivity index (χ0n) is 9.15. The van der Waals surface area contributed by atoms with E-state index in [1.165, 1.54) is 0 Å². The summed E-state index contributed by atoms with van der Waals surface area (Å²) in [6, 6.07) is 6.56. The fraction of sp³-hybridized carbons (Fsp3) is 0.167. The highest BCUT2D eigenvalue weighted by atomic mass is 16.4. The van der Waals surface area contributed by atoms with Gasteiger partial charge < -0.3 is 15.4 Å². The highest BCUT2D eigenvalue weighted by Gasteiger charge is 2.14. The van der Waals surface area contributed by atoms with Crippen molar-refractivity contribution in [2.24, 2.45) is 5.73 Å². The summed E-state index contributed by atoms with van der Waals surface area (Å²) >= 11 is 0. The van der Waals surface area contributed by atoms with E-state index in [1.807, 2.05) is 35.0 Å². The fourth-order valence-electron chi connectivity index (χ4n) is 1.64. The summed E-state index contributed by atoms with van der Waals surface area (Å²) in [7, 11) is 0. The summed E-state index contributed by atoms with van der Waals surface area (Å²) in [5.74, 6) is -0.996. The topological polar surface area (TPSA) is 81.1 Å². The van der Waals surface area contributed by atoms with Crippen LogP contribution < -0.4 is 5.73 Å². The average molecular weight is 231 g/mol. The summed E-state index contributed by atoms with van der Waals surface area (Å²) < 4.78 is 1.88. The molecule has 0 saturated carbocycles. The third-order valence-corrected chi connectivity index (χ3v) is 2.50. The molecule has 1 atom stereocenters. The van der Waals surface area contributed by atoms with Crippen molar-refractivity contribution in [3.8, 4) is 5.69 Å². The highest BCUT2D eigenvalue weighted by Crippen LogP contribution is 2.12. The Bertz CT molecular complexity index is 507. The Morgan fingerprint density at radius 1 is 1.47 bits per heavy atom. The number of carbonyl (C=O) groups is 1. The molecule has 88 valence electrons. The molecule has 2 heterocycles. The van der Waals surface area contributed by atoms with Crippen LogP contribution in [0.25, 0.3) is 5.69 Å². The maximum absolute atomic E-state index is 10.7. The molecule has 2 aromatic rings. The van der Waals surface area contributed by atoms with Gasteiger partial charge in [0, 0.05) is 24.5 Å². The molecule has 0 fully saturated rings. The van der Waals surface area contributed by atoms with Crippen molar-refractivity contribution in [1.82, 2.24) is 9.55 Å². The molecule has 0 aliphatic carbocycles. The van der Waals surface area contributed by atoms with Crippen LogP contribution in [0.4, 0.5) is 0 Å². The van der Waals surface area contributed by atoms with Crippen molar-refractivity contribution >= 4 is 5.97 Å². The molecule has 3 N–H and O–H groups in total. The third-order valence-electron chi connectivity index (χ3n) is 2.50. The van der Waals surface area contributed by atoms with Gasteiger partial charge in [-0.1, -0.05) is 0 Å². The van der Waals surface area contributed by atoms with Crippen LogP contribution in [0.3, 0.4) is 0 Å². The fourth-order valence-corrected chi connectivity index (χ4v) is 1.64. The Hall–Kier alpha value is -2.14. The maximum Gasteiger partial charge on any atom is 0.320 e. The van der Waals surface area contributed by atoms with Crippen LogP contribution in [0.15, 0.2) is 42.9 Å². The first kappa shape index (κ1) is 11.3. The Balaban J connectivity index is 2.26. The lowest BCUT2D eigenvalue weighted by molar-refractivity contribution is -0.138. The van der Waals surface area contributed by atoms with E-state index in [4.69, 9.17) is 10.8 Å². The van der Waals surface area contributed by atoms with E-state index in [-0.39, 0.29) is 6.42 Å². The van der Waals surface area contributed by atoms with Gasteiger partial charge >= 0.3 is 5.97 Å². The van der Waals surface area contributed by atoms with Gasteiger partial charge in [-0.2, -0.15) is 0 Å². The number of carboxylic acids is 1. The molecule has 5 heteroatoms. The molecule has 0 aromatic carbocycles. The van der Waals surface area contributed by atoms with Crippen LogP contribution in [0.1, 0.15) is 5.69 Å². The van der Waals surface area contributed by atoms with Crippen LogP contribution in [0, 0.1) is 0 Å². The van der Waals surface area contributed by atoms with E-state index in [0.717, 1.165) is 11.4 Å². The van der Waals surface area contributed by atoms with E-state index in [1.54, 1.807) is 12.4 Å². The number of aromatic nitrogens is 2. The van der Waals surface area contributed by atoms with E-state index in [2.05, 4.69) is 4.98 Å². The van der Waals surface area contributed by atoms with Gasteiger partial charge in [0.15, 0.2) is 0 Å². The first-order valence-corrected chi connectivity index (χ1v) is 5.23. The van der Waals surface area contributed by atoms with Crippen LogP contribution in [-0.2, 0) is 11.2 Å². The lowest BCUT2D eigenvalue weighted by Gasteiger charge is -2.10. The van der Waals surface area contributed by atoms with E-state index >= 15 is 0 Å². The number of hydrogen-bond donors (Lipinski definition) is 2. The first-order chi connectivity index (χ1) is 8.18. The predicted molar refractivity (Wildman–Crippen MR) is 62.9 cm³/mol. The van der Waals surface area contributed by atoms with Crippen molar-refractivity contribution in [1.29, 1.82) is 0 Å². The highest BCUT2D eigenvalue weighted by molar-refractivity contribution is 5.73. The minimum Gasteiger partial charge on any atom is -0.480 e. The van der Waals surface area contributed by atoms with Gasteiger partial charge in [-0.25, -0.2) is 0 Å². The average Bonchev–Trinajstić information content (AvgIpc) is 2.78. The zero-order chi connectivity index (χ0) is 12.3. The monoisotopic (exact) mass is 231 g/mol. The largest absolute Gasteiger partial charge is 0.480 e. The van der Waals surface area contributed by atoms with Crippen molar-refractivity contribution < 1.29 is 9.90 Å². The summed E-state index contributed by atoms with van der Waals surface area (Å²) in [5.41, 5.74) is 7.27. The molecule has 0 amide bonds. The normalized spacial score (nSPS) is 12.3. The molecule has 5 nitrogen and oxygen atoms in total. The van der Waals surface area contributed by atoms with Crippen molar-refractivity contribution in [2.75, 3.05) is 0 Å². The molecule has 0 bridgehead atoms. The quantitative estimate of drug-likeness (QED) is 0.816. The number of rotatable bonds is 4. The van der Waals surface area contributed by atoms with Gasteiger partial charge in [-0.3, -0.25) is 9.78 Å². The van der Waals surface area contributed by atoms with Crippen LogP contribution >= 0.6 is 0 Å². The molecule has 0 aliphatic rings. The molecule has 0 spiro atoms. The number of nitrogens with two attached hydrogens (primary N) is 1. The Kier molecular flexibility index (Phi) is 3.20. The van der Waals surface area contributed by atoms with Crippen LogP contribution in [0.2, 0.25) is 0 Å². The smallest absolute Gasteiger partial charge is 0.320 e. The molecule has 1 unspecified atom stereocenters. The number of nitrogens with zero attached hydrogens (tertiary/aromatic N) is 2. The van der Waals surface area contributed by atoms with Crippen LogP contribution in [-0.4, -0.2) is 26.7 Å². The standard InChI is InChI=1S/C12H13N3O2/c13-11(12(16)17)7-9-4-2-6-15(9)10-3-1-5-14-8-10/h1-6,8,11H,7,13H2,(H,16,17). The number of hydrogen-bond acceptors (Lipinski definition) is 3. The van der Waals surface area contributed by atoms with Gasteiger partial charge in [0.1, 0.15) is 6.04 Å². The Morgan fingerprint density at radius 3 is 2.94 bits per heavy atom. The minimum atomic E-state index is -0.996. The zero-order valence-corrected chi connectivity index (χ0v) is 9.15. The maximum atomic E-state index is 10.7. The lowest BCUT2D eigenvalue weighted by Crippen LogP contribution is -2.32. The number of pyridine rings is 1. The predicted octanol–water partition coefficient (Wildman–Crippen LogP) is 0.827. The summed E-state index contributed by atoms with van der Waals surface area (Å²) in [5, 5.41) is 8.80. The summed E-state index contributed by atoms with van der Waals surface area (Å²) in [6.07, 6.45) is 5.56. The second-order valence-corrected chi connectivity index (χ2v) is 3.73. The Labute approximate surface area is 98.5 Å². The minimum absolute atomic E-state index is 0.289. The molecule has 0 aliphatic heterocycles. The molecule has 17 heavy (non-hydrogen) atoms. The van der Waals surface area contributed by atoms with E-state index in [9.17, 15) is 4.79 Å². The molecular weight excluding hydrogens is 218 g/mol. The van der Waals surface area contributed by atoms with Crippen molar-refractivity contribution in [2.45, 2.75) is 12.5 Å². The Morgan fingerprint density at radius 2 is 2.29 bits per heavy atom. The SMILES string of the molecule is NC(Cc1cccn1-c1cccnc1)C(=O)O. The van der Waals surface area contributed by atoms with Gasteiger partial charge in [-0.15, -0.1) is 0 Å². The molecule has 2 rings (SSSR count). The van der Waals surface area contributed by atoms with Gasteiger partial charge in [0.25, 0.3) is 0 Å². The van der Waals surface area contributed by atoms with Crippen molar-refractivity contribution in [3.63, 3.8) is 0 Å². The molecule has 0 saturated heterocycles. The van der Waals surface area contributed by atoms with Crippen LogP contribution in [0.5, 0.6) is 0 Å². The van der Waals surface area contributed by atoms with E-state index < -0.39 is 12.0 Å². The summed E-state index contributed by atoms with van der Waals surface area (Å²) in [4.78, 5) is 14.8. The third kappa shape index (κ3) is 2.51. The van der Waals surface area contributed by atoms with Gasteiger partial charge in [0.2, 0.25) is 0 Å².